The van der Waals surface area contributed by atoms with E-state index in [0.717, 1.165) is 64.3 Å². The molecule has 3 aromatic carbocycles. The van der Waals surface area contributed by atoms with Crippen LogP contribution in [0.1, 0.15) is 39.1 Å². The number of carbonyl (C=O) groups excluding carboxylic acids is 2. The molecule has 0 spiro atoms. The maximum atomic E-state index is 13.4. The summed E-state index contributed by atoms with van der Waals surface area (Å²) in [4.78, 5) is 43.3. The van der Waals surface area contributed by atoms with Crippen LogP contribution in [-0.4, -0.2) is 73.2 Å². The minimum Gasteiger partial charge on any atom is -0.465 e. The fraction of sp³-hybridized carbons (Fsp3) is 0.323. The molecule has 2 saturated heterocycles. The zero-order chi connectivity index (χ0) is 30.3. The van der Waals surface area contributed by atoms with E-state index in [0.29, 0.717) is 16.9 Å². The molecular formula is C31H34N6O5S. The molecule has 0 radical (unpaired) electrons. The van der Waals surface area contributed by atoms with Crippen molar-refractivity contribution in [3.05, 3.63) is 93.5 Å². The molecule has 224 valence electrons. The second-order valence-corrected chi connectivity index (χ2v) is 10.9. The zero-order valence-electron chi connectivity index (χ0n) is 24.0. The Labute approximate surface area is 255 Å². The first-order chi connectivity index (χ1) is 20.8. The predicted octanol–water partition coefficient (Wildman–Crippen LogP) is 4.43. The Morgan fingerprint density at radius 2 is 1.58 bits per heavy atom. The minimum absolute atomic E-state index is 0.00913. The summed E-state index contributed by atoms with van der Waals surface area (Å²) in [5, 5.41) is 17.3. The van der Waals surface area contributed by atoms with E-state index in [4.69, 9.17) is 17.0 Å². The lowest BCUT2D eigenvalue weighted by Gasteiger charge is -2.37. The first-order valence-electron chi connectivity index (χ1n) is 14.2. The summed E-state index contributed by atoms with van der Waals surface area (Å²) in [5.41, 5.74) is 3.61. The highest BCUT2D eigenvalue weighted by Gasteiger charge is 2.25. The van der Waals surface area contributed by atoms with Gasteiger partial charge < -0.3 is 19.9 Å². The summed E-state index contributed by atoms with van der Waals surface area (Å²) >= 11 is 5.53. The molecule has 0 atom stereocenters. The molecule has 1 amide bonds. The number of nitro groups is 1. The molecule has 2 N–H and O–H groups in total. The average molecular weight is 603 g/mol. The largest absolute Gasteiger partial charge is 0.465 e. The van der Waals surface area contributed by atoms with Gasteiger partial charge in [0, 0.05) is 57.9 Å². The highest BCUT2D eigenvalue weighted by Crippen LogP contribution is 2.30. The number of piperazine rings is 1. The highest BCUT2D eigenvalue weighted by molar-refractivity contribution is 7.80. The summed E-state index contributed by atoms with van der Waals surface area (Å²) in [6.45, 7) is 5.61. The molecule has 5 rings (SSSR count). The smallest absolute Gasteiger partial charge is 0.337 e. The number of anilines is 3. The third-order valence-electron chi connectivity index (χ3n) is 7.74. The number of nitrogens with zero attached hydrogens (tertiary/aromatic N) is 4. The van der Waals surface area contributed by atoms with Gasteiger partial charge in [0.15, 0.2) is 5.11 Å². The van der Waals surface area contributed by atoms with Gasteiger partial charge in [-0.05, 0) is 54.9 Å². The average Bonchev–Trinajstić information content (AvgIpc) is 3.56. The van der Waals surface area contributed by atoms with Crippen molar-refractivity contribution in [3.8, 4) is 0 Å². The van der Waals surface area contributed by atoms with Crippen LogP contribution < -0.4 is 20.4 Å². The Hall–Kier alpha value is -4.55. The molecule has 0 saturated carbocycles. The van der Waals surface area contributed by atoms with Gasteiger partial charge in [-0.1, -0.05) is 30.3 Å². The standard InChI is InChI=1S/C31H34N6O5S/c1-42-30(39)23-9-11-28(36-17-15-34(16-18-36)21-22-7-3-2-4-8-22)26(19-23)32-31(43)33-29(38)25-20-24(37(40)41)10-12-27(25)35-13-5-6-14-35/h2-4,7-12,19-20H,5-6,13-18,21H2,1H3,(H2,32,33,38,43). The van der Waals surface area contributed by atoms with Gasteiger partial charge >= 0.3 is 5.97 Å². The quantitative estimate of drug-likeness (QED) is 0.166. The number of ether oxygens (including phenoxy) is 1. The van der Waals surface area contributed by atoms with E-state index in [1.165, 1.54) is 24.8 Å². The number of nitrogens with one attached hydrogen (secondary N) is 2. The molecular weight excluding hydrogens is 568 g/mol. The number of benzene rings is 3. The molecule has 2 fully saturated rings. The van der Waals surface area contributed by atoms with Crippen LogP contribution in [-0.2, 0) is 11.3 Å². The second-order valence-electron chi connectivity index (χ2n) is 10.5. The van der Waals surface area contributed by atoms with E-state index in [2.05, 4.69) is 32.6 Å². The Balaban J connectivity index is 1.32. The molecule has 0 aliphatic carbocycles. The van der Waals surface area contributed by atoms with Crippen molar-refractivity contribution in [1.29, 1.82) is 0 Å². The molecule has 2 aliphatic rings. The first kappa shape index (κ1) is 29.9. The molecule has 0 bridgehead atoms. The van der Waals surface area contributed by atoms with E-state index in [1.807, 2.05) is 29.2 Å². The molecule has 3 aromatic rings. The molecule has 2 heterocycles. The fourth-order valence-corrected chi connectivity index (χ4v) is 5.73. The maximum Gasteiger partial charge on any atom is 0.337 e. The second kappa shape index (κ2) is 13.6. The molecule has 12 heteroatoms. The molecule has 0 aromatic heterocycles. The van der Waals surface area contributed by atoms with Crippen LogP contribution in [0.15, 0.2) is 66.7 Å². The number of nitro benzene ring substituents is 1. The van der Waals surface area contributed by atoms with E-state index in [9.17, 15) is 19.7 Å². The van der Waals surface area contributed by atoms with Gasteiger partial charge in [0.2, 0.25) is 0 Å². The van der Waals surface area contributed by atoms with Crippen LogP contribution in [0.3, 0.4) is 0 Å². The predicted molar refractivity (Wildman–Crippen MR) is 170 cm³/mol. The first-order valence-corrected chi connectivity index (χ1v) is 14.6. The van der Waals surface area contributed by atoms with Crippen molar-refractivity contribution < 1.29 is 19.2 Å². The van der Waals surface area contributed by atoms with Gasteiger partial charge in [-0.3, -0.25) is 25.1 Å². The fourth-order valence-electron chi connectivity index (χ4n) is 5.52. The Kier molecular flexibility index (Phi) is 9.48. The van der Waals surface area contributed by atoms with Crippen LogP contribution >= 0.6 is 12.2 Å². The van der Waals surface area contributed by atoms with Gasteiger partial charge in [-0.2, -0.15) is 0 Å². The van der Waals surface area contributed by atoms with E-state index < -0.39 is 16.8 Å². The minimum atomic E-state index is -0.553. The SMILES string of the molecule is COC(=O)c1ccc(N2CCN(Cc3ccccc3)CC2)c(NC(=S)NC(=O)c2cc([N+](=O)[O-])ccc2N2CCCC2)c1. The third kappa shape index (κ3) is 7.27. The number of rotatable bonds is 8. The topological polar surface area (TPSA) is 120 Å². The van der Waals surface area contributed by atoms with Crippen molar-refractivity contribution >= 4 is 52.0 Å². The number of esters is 1. The van der Waals surface area contributed by atoms with Gasteiger partial charge in [0.1, 0.15) is 0 Å². The van der Waals surface area contributed by atoms with E-state index in [1.54, 1.807) is 18.2 Å². The van der Waals surface area contributed by atoms with Gasteiger partial charge in [0.25, 0.3) is 11.6 Å². The summed E-state index contributed by atoms with van der Waals surface area (Å²) in [6, 6.07) is 19.8. The summed E-state index contributed by atoms with van der Waals surface area (Å²) in [5.74, 6) is -1.05. The van der Waals surface area contributed by atoms with Crippen molar-refractivity contribution in [2.45, 2.75) is 19.4 Å². The lowest BCUT2D eigenvalue weighted by Crippen LogP contribution is -2.46. The van der Waals surface area contributed by atoms with Crippen LogP contribution in [0.4, 0.5) is 22.7 Å². The van der Waals surface area contributed by atoms with E-state index >= 15 is 0 Å². The lowest BCUT2D eigenvalue weighted by molar-refractivity contribution is -0.384. The number of thiocarbonyl (C=S) groups is 1. The highest BCUT2D eigenvalue weighted by atomic mass is 32.1. The van der Waals surface area contributed by atoms with Crippen LogP contribution in [0.2, 0.25) is 0 Å². The number of non-ortho nitro benzene ring substituents is 1. The van der Waals surface area contributed by atoms with Crippen molar-refractivity contribution in [1.82, 2.24) is 10.2 Å². The number of amides is 1. The normalized spacial score (nSPS) is 15.2. The van der Waals surface area contributed by atoms with E-state index in [-0.39, 0.29) is 16.4 Å². The number of methoxy groups -OCH3 is 1. The zero-order valence-corrected chi connectivity index (χ0v) is 24.8. The molecule has 0 unspecified atom stereocenters. The van der Waals surface area contributed by atoms with Crippen molar-refractivity contribution in [2.75, 3.05) is 61.5 Å². The third-order valence-corrected chi connectivity index (χ3v) is 7.94. The monoisotopic (exact) mass is 602 g/mol. The molecule has 43 heavy (non-hydrogen) atoms. The van der Waals surface area contributed by atoms with Crippen LogP contribution in [0.25, 0.3) is 0 Å². The van der Waals surface area contributed by atoms with Gasteiger partial charge in [-0.25, -0.2) is 4.79 Å². The lowest BCUT2D eigenvalue weighted by atomic mass is 10.1. The Morgan fingerprint density at radius 1 is 0.907 bits per heavy atom. The van der Waals surface area contributed by atoms with Crippen LogP contribution in [0.5, 0.6) is 0 Å². The van der Waals surface area contributed by atoms with Crippen molar-refractivity contribution in [3.63, 3.8) is 0 Å². The number of carbonyl (C=O) groups is 2. The summed E-state index contributed by atoms with van der Waals surface area (Å²) in [7, 11) is 1.32. The van der Waals surface area contributed by atoms with Crippen LogP contribution in [0, 0.1) is 10.1 Å². The molecule has 2 aliphatic heterocycles. The summed E-state index contributed by atoms with van der Waals surface area (Å²) in [6.07, 6.45) is 1.97. The van der Waals surface area contributed by atoms with Gasteiger partial charge in [-0.15, -0.1) is 0 Å². The number of hydrogen-bond acceptors (Lipinski definition) is 9. The summed E-state index contributed by atoms with van der Waals surface area (Å²) < 4.78 is 4.92. The maximum absolute atomic E-state index is 13.4. The Bertz CT molecular complexity index is 1500. The number of hydrogen-bond donors (Lipinski definition) is 2. The van der Waals surface area contributed by atoms with Gasteiger partial charge in [0.05, 0.1) is 40.2 Å². The molecule has 11 nitrogen and oxygen atoms in total. The van der Waals surface area contributed by atoms with Crippen molar-refractivity contribution in [2.24, 2.45) is 0 Å². The Morgan fingerprint density at radius 3 is 2.26 bits per heavy atom.